The Labute approximate surface area is 128 Å². The molecule has 1 amide bonds. The summed E-state index contributed by atoms with van der Waals surface area (Å²) in [7, 11) is 0. The second-order valence-corrected chi connectivity index (χ2v) is 5.12. The molecule has 6 nitrogen and oxygen atoms in total. The normalized spacial score (nSPS) is 17.2. The van der Waals surface area contributed by atoms with Crippen LogP contribution in [0, 0.1) is 0 Å². The molecule has 1 unspecified atom stereocenters. The van der Waals surface area contributed by atoms with Crippen molar-refractivity contribution in [3.8, 4) is 0 Å². The Morgan fingerprint density at radius 2 is 2.14 bits per heavy atom. The first kappa shape index (κ1) is 14.5. The Kier molecular flexibility index (Phi) is 4.60. The van der Waals surface area contributed by atoms with Gasteiger partial charge in [-0.2, -0.15) is 0 Å². The van der Waals surface area contributed by atoms with Gasteiger partial charge in [-0.3, -0.25) is 4.79 Å². The first-order valence-corrected chi connectivity index (χ1v) is 7.35. The zero-order valence-electron chi connectivity index (χ0n) is 12.2. The number of hydrogen-bond acceptors (Lipinski definition) is 5. The number of hydrogen-bond donors (Lipinski definition) is 2. The van der Waals surface area contributed by atoms with E-state index in [0.29, 0.717) is 18.1 Å². The van der Waals surface area contributed by atoms with Crippen LogP contribution in [0.15, 0.2) is 42.7 Å². The zero-order valence-corrected chi connectivity index (χ0v) is 12.2. The second-order valence-electron chi connectivity index (χ2n) is 5.12. The molecule has 6 heteroatoms. The van der Waals surface area contributed by atoms with Gasteiger partial charge in [-0.1, -0.05) is 18.2 Å². The Morgan fingerprint density at radius 3 is 2.91 bits per heavy atom. The lowest BCUT2D eigenvalue weighted by Crippen LogP contribution is -2.20. The minimum absolute atomic E-state index is 0.219. The Morgan fingerprint density at radius 1 is 1.27 bits per heavy atom. The average Bonchev–Trinajstić information content (AvgIpc) is 3.08. The van der Waals surface area contributed by atoms with Gasteiger partial charge in [0.25, 0.3) is 5.91 Å². The van der Waals surface area contributed by atoms with Crippen LogP contribution in [-0.4, -0.2) is 35.1 Å². The van der Waals surface area contributed by atoms with E-state index in [2.05, 4.69) is 20.6 Å². The number of benzene rings is 1. The third-order valence-corrected chi connectivity index (χ3v) is 3.47. The standard InChI is InChI=1S/C16H18N4O2/c21-16(20-12-5-2-1-3-6-12)14-9-15(19-11-18-14)17-10-13-7-4-8-22-13/h1-3,5-6,9,11,13H,4,7-8,10H2,(H,20,21)(H,17,18,19). The highest BCUT2D eigenvalue weighted by Gasteiger charge is 2.15. The molecule has 0 spiro atoms. The summed E-state index contributed by atoms with van der Waals surface area (Å²) >= 11 is 0. The molecule has 3 rings (SSSR count). The van der Waals surface area contributed by atoms with Gasteiger partial charge in [-0.15, -0.1) is 0 Å². The van der Waals surface area contributed by atoms with E-state index in [-0.39, 0.29) is 12.0 Å². The third kappa shape index (κ3) is 3.79. The Balaban J connectivity index is 1.61. The summed E-state index contributed by atoms with van der Waals surface area (Å²) in [6.45, 7) is 1.51. The number of anilines is 2. The van der Waals surface area contributed by atoms with Crippen molar-refractivity contribution < 1.29 is 9.53 Å². The predicted molar refractivity (Wildman–Crippen MR) is 83.9 cm³/mol. The van der Waals surface area contributed by atoms with Crippen molar-refractivity contribution in [1.29, 1.82) is 0 Å². The first-order valence-electron chi connectivity index (χ1n) is 7.35. The number of nitrogens with one attached hydrogen (secondary N) is 2. The van der Waals surface area contributed by atoms with Gasteiger partial charge in [-0.25, -0.2) is 9.97 Å². The third-order valence-electron chi connectivity index (χ3n) is 3.47. The van der Waals surface area contributed by atoms with E-state index in [1.165, 1.54) is 6.33 Å². The summed E-state index contributed by atoms with van der Waals surface area (Å²) in [4.78, 5) is 20.3. The molecule has 1 saturated heterocycles. The lowest BCUT2D eigenvalue weighted by atomic mass is 10.2. The summed E-state index contributed by atoms with van der Waals surface area (Å²) in [6.07, 6.45) is 3.76. The molecule has 0 aliphatic carbocycles. The van der Waals surface area contributed by atoms with Crippen molar-refractivity contribution in [2.45, 2.75) is 18.9 Å². The average molecular weight is 298 g/mol. The number of para-hydroxylation sites is 1. The van der Waals surface area contributed by atoms with Gasteiger partial charge in [0.1, 0.15) is 17.8 Å². The smallest absolute Gasteiger partial charge is 0.274 e. The molecule has 1 fully saturated rings. The van der Waals surface area contributed by atoms with E-state index in [1.54, 1.807) is 6.07 Å². The summed E-state index contributed by atoms with van der Waals surface area (Å²) in [5, 5.41) is 5.99. The van der Waals surface area contributed by atoms with Gasteiger partial charge >= 0.3 is 0 Å². The number of nitrogens with zero attached hydrogens (tertiary/aromatic N) is 2. The van der Waals surface area contributed by atoms with Crippen molar-refractivity contribution >= 4 is 17.4 Å². The number of carbonyl (C=O) groups is 1. The molecule has 0 saturated carbocycles. The summed E-state index contributed by atoms with van der Waals surface area (Å²) in [6, 6.07) is 10.9. The number of aromatic nitrogens is 2. The molecule has 1 aliphatic heterocycles. The lowest BCUT2D eigenvalue weighted by Gasteiger charge is -2.11. The second kappa shape index (κ2) is 7.00. The molecule has 0 radical (unpaired) electrons. The quantitative estimate of drug-likeness (QED) is 0.886. The molecule has 2 aromatic rings. The van der Waals surface area contributed by atoms with E-state index in [4.69, 9.17) is 4.74 Å². The van der Waals surface area contributed by atoms with E-state index < -0.39 is 0 Å². The number of amides is 1. The SMILES string of the molecule is O=C(Nc1ccccc1)c1cc(NCC2CCCO2)ncn1. The highest BCUT2D eigenvalue weighted by molar-refractivity contribution is 6.03. The molecule has 22 heavy (non-hydrogen) atoms. The lowest BCUT2D eigenvalue weighted by molar-refractivity contribution is 0.102. The predicted octanol–water partition coefficient (Wildman–Crippen LogP) is 2.32. The van der Waals surface area contributed by atoms with Crippen LogP contribution >= 0.6 is 0 Å². The molecule has 1 aromatic heterocycles. The highest BCUT2D eigenvalue weighted by atomic mass is 16.5. The summed E-state index contributed by atoms with van der Waals surface area (Å²) in [5.41, 5.74) is 1.06. The molecule has 1 aromatic carbocycles. The van der Waals surface area contributed by atoms with Crippen molar-refractivity contribution in [3.63, 3.8) is 0 Å². The van der Waals surface area contributed by atoms with E-state index in [1.807, 2.05) is 30.3 Å². The van der Waals surface area contributed by atoms with Gasteiger partial charge in [-0.05, 0) is 25.0 Å². The molecule has 1 atom stereocenters. The van der Waals surface area contributed by atoms with Gasteiger partial charge in [0.05, 0.1) is 6.10 Å². The van der Waals surface area contributed by atoms with Crippen molar-refractivity contribution in [3.05, 3.63) is 48.4 Å². The summed E-state index contributed by atoms with van der Waals surface area (Å²) < 4.78 is 5.55. The van der Waals surface area contributed by atoms with Gasteiger partial charge in [0.15, 0.2) is 0 Å². The van der Waals surface area contributed by atoms with E-state index in [0.717, 1.165) is 25.1 Å². The number of rotatable bonds is 5. The number of ether oxygens (including phenoxy) is 1. The molecular formula is C16H18N4O2. The first-order chi connectivity index (χ1) is 10.8. The largest absolute Gasteiger partial charge is 0.376 e. The Hall–Kier alpha value is -2.47. The minimum Gasteiger partial charge on any atom is -0.376 e. The van der Waals surface area contributed by atoms with Crippen molar-refractivity contribution in [2.75, 3.05) is 23.8 Å². The maximum Gasteiger partial charge on any atom is 0.274 e. The maximum absolute atomic E-state index is 12.2. The van der Waals surface area contributed by atoms with Gasteiger partial charge < -0.3 is 15.4 Å². The van der Waals surface area contributed by atoms with Gasteiger partial charge in [0, 0.05) is 24.9 Å². The van der Waals surface area contributed by atoms with Crippen LogP contribution < -0.4 is 10.6 Å². The summed E-state index contributed by atoms with van der Waals surface area (Å²) in [5.74, 6) is 0.373. The number of carbonyl (C=O) groups excluding carboxylic acids is 1. The van der Waals surface area contributed by atoms with E-state index in [9.17, 15) is 4.79 Å². The monoisotopic (exact) mass is 298 g/mol. The van der Waals surface area contributed by atoms with Crippen LogP contribution in [0.25, 0.3) is 0 Å². The van der Waals surface area contributed by atoms with Crippen LogP contribution in [0.4, 0.5) is 11.5 Å². The van der Waals surface area contributed by atoms with Crippen LogP contribution in [0.1, 0.15) is 23.3 Å². The zero-order chi connectivity index (χ0) is 15.2. The van der Waals surface area contributed by atoms with E-state index >= 15 is 0 Å². The van der Waals surface area contributed by atoms with Crippen LogP contribution in [0.3, 0.4) is 0 Å². The fraction of sp³-hybridized carbons (Fsp3) is 0.312. The van der Waals surface area contributed by atoms with Crippen molar-refractivity contribution in [2.24, 2.45) is 0 Å². The maximum atomic E-state index is 12.2. The van der Waals surface area contributed by atoms with Crippen molar-refractivity contribution in [1.82, 2.24) is 9.97 Å². The molecule has 1 aliphatic rings. The van der Waals surface area contributed by atoms with Crippen LogP contribution in [0.2, 0.25) is 0 Å². The molecule has 2 N–H and O–H groups in total. The molecule has 0 bridgehead atoms. The molecule has 2 heterocycles. The molecule has 114 valence electrons. The van der Waals surface area contributed by atoms with Crippen LogP contribution in [-0.2, 0) is 4.74 Å². The Bertz CT molecular complexity index is 627. The topological polar surface area (TPSA) is 76.1 Å². The fourth-order valence-electron chi connectivity index (χ4n) is 2.32. The minimum atomic E-state index is -0.256. The van der Waals surface area contributed by atoms with Gasteiger partial charge in [0.2, 0.25) is 0 Å². The van der Waals surface area contributed by atoms with Crippen LogP contribution in [0.5, 0.6) is 0 Å². The molecular weight excluding hydrogens is 280 g/mol. The fourth-order valence-corrected chi connectivity index (χ4v) is 2.32. The highest BCUT2D eigenvalue weighted by Crippen LogP contribution is 2.13.